The average molecular weight is 365 g/mol. The predicted octanol–water partition coefficient (Wildman–Crippen LogP) is 1.40. The van der Waals surface area contributed by atoms with Crippen molar-refractivity contribution in [1.82, 2.24) is 10.2 Å². The van der Waals surface area contributed by atoms with Crippen LogP contribution in [0.2, 0.25) is 0 Å². The largest absolute Gasteiger partial charge is 0.355 e. The van der Waals surface area contributed by atoms with Crippen LogP contribution in [0.5, 0.6) is 0 Å². The van der Waals surface area contributed by atoms with Crippen LogP contribution in [0.3, 0.4) is 0 Å². The number of benzene rings is 1. The molecule has 6 nitrogen and oxygen atoms in total. The van der Waals surface area contributed by atoms with Crippen molar-refractivity contribution in [1.29, 1.82) is 0 Å². The summed E-state index contributed by atoms with van der Waals surface area (Å²) in [4.78, 5) is 13.4. The molecule has 25 heavy (non-hydrogen) atoms. The second kappa shape index (κ2) is 6.61. The minimum Gasteiger partial charge on any atom is -0.355 e. The van der Waals surface area contributed by atoms with Crippen molar-refractivity contribution < 1.29 is 13.2 Å². The Morgan fingerprint density at radius 1 is 1.32 bits per heavy atom. The molecule has 1 aromatic carbocycles. The molecule has 2 N–H and O–H groups in total. The van der Waals surface area contributed by atoms with Gasteiger partial charge in [-0.05, 0) is 36.0 Å². The molecule has 0 spiro atoms. The fourth-order valence-corrected chi connectivity index (χ4v) is 5.19. The van der Waals surface area contributed by atoms with Gasteiger partial charge in [0.1, 0.15) is 0 Å². The van der Waals surface area contributed by atoms with E-state index in [1.165, 1.54) is 11.8 Å². The van der Waals surface area contributed by atoms with Crippen LogP contribution in [0.15, 0.2) is 24.3 Å². The van der Waals surface area contributed by atoms with E-state index in [1.807, 2.05) is 12.1 Å². The highest BCUT2D eigenvalue weighted by Gasteiger charge is 2.67. The quantitative estimate of drug-likeness (QED) is 0.766. The normalized spacial score (nSPS) is 28.4. The van der Waals surface area contributed by atoms with E-state index in [-0.39, 0.29) is 11.3 Å². The first-order chi connectivity index (χ1) is 11.8. The van der Waals surface area contributed by atoms with Crippen molar-refractivity contribution in [2.24, 2.45) is 11.8 Å². The maximum Gasteiger partial charge on any atom is 0.229 e. The molecule has 1 amide bonds. The fraction of sp³-hybridized carbons (Fsp3) is 0.611. The van der Waals surface area contributed by atoms with Crippen molar-refractivity contribution in [3.8, 4) is 0 Å². The lowest BCUT2D eigenvalue weighted by Gasteiger charge is -2.26. The zero-order chi connectivity index (χ0) is 18.2. The van der Waals surface area contributed by atoms with Crippen molar-refractivity contribution in [3.05, 3.63) is 29.8 Å². The SMILES string of the molecule is CCC1(c2cccc(NS(C)(=O)=O)c2)C2CN(CCNC(C)=O)CC21. The third-order valence-electron chi connectivity index (χ3n) is 5.70. The zero-order valence-corrected chi connectivity index (χ0v) is 15.9. The molecular formula is C18H27N3O3S. The minimum absolute atomic E-state index is 0.0162. The van der Waals surface area contributed by atoms with Crippen LogP contribution in [0.4, 0.5) is 5.69 Å². The first-order valence-electron chi connectivity index (χ1n) is 8.81. The first kappa shape index (κ1) is 18.2. The number of piperidine rings is 1. The molecule has 1 aliphatic heterocycles. The Bertz CT molecular complexity index is 751. The maximum atomic E-state index is 11.5. The number of nitrogens with zero attached hydrogens (tertiary/aromatic N) is 1. The molecule has 0 aromatic heterocycles. The molecule has 0 radical (unpaired) electrons. The Morgan fingerprint density at radius 3 is 2.56 bits per heavy atom. The topological polar surface area (TPSA) is 78.5 Å². The Balaban J connectivity index is 1.67. The van der Waals surface area contributed by atoms with Gasteiger partial charge in [0.15, 0.2) is 0 Å². The highest BCUT2D eigenvalue weighted by atomic mass is 32.2. The molecule has 3 rings (SSSR count). The number of carbonyl (C=O) groups is 1. The highest BCUT2D eigenvalue weighted by Crippen LogP contribution is 2.65. The fourth-order valence-electron chi connectivity index (χ4n) is 4.63. The lowest BCUT2D eigenvalue weighted by molar-refractivity contribution is -0.119. The molecule has 1 heterocycles. The number of carbonyl (C=O) groups excluding carboxylic acids is 1. The molecule has 1 saturated carbocycles. The summed E-state index contributed by atoms with van der Waals surface area (Å²) in [5, 5.41) is 2.85. The van der Waals surface area contributed by atoms with Gasteiger partial charge in [-0.2, -0.15) is 0 Å². The second-order valence-electron chi connectivity index (χ2n) is 7.30. The van der Waals surface area contributed by atoms with Crippen molar-refractivity contribution in [2.75, 3.05) is 37.2 Å². The highest BCUT2D eigenvalue weighted by molar-refractivity contribution is 7.92. The number of rotatable bonds is 7. The molecule has 2 unspecified atom stereocenters. The predicted molar refractivity (Wildman–Crippen MR) is 99.0 cm³/mol. The Morgan fingerprint density at radius 2 is 2.00 bits per heavy atom. The number of hydrogen-bond acceptors (Lipinski definition) is 4. The molecule has 2 aliphatic rings. The van der Waals surface area contributed by atoms with E-state index >= 15 is 0 Å². The number of sulfonamides is 1. The molecule has 1 aliphatic carbocycles. The number of nitrogens with one attached hydrogen (secondary N) is 2. The van der Waals surface area contributed by atoms with Crippen LogP contribution in [0, 0.1) is 11.8 Å². The van der Waals surface area contributed by atoms with Crippen molar-refractivity contribution >= 4 is 21.6 Å². The number of likely N-dealkylation sites (tertiary alicyclic amines) is 1. The van der Waals surface area contributed by atoms with Gasteiger partial charge < -0.3 is 10.2 Å². The molecule has 2 atom stereocenters. The monoisotopic (exact) mass is 365 g/mol. The summed E-state index contributed by atoms with van der Waals surface area (Å²) < 4.78 is 25.6. The van der Waals surface area contributed by atoms with Gasteiger partial charge in [-0.25, -0.2) is 8.42 Å². The second-order valence-corrected chi connectivity index (χ2v) is 9.05. The number of fused-ring (bicyclic) bond motifs is 1. The van der Waals surface area contributed by atoms with Gasteiger partial charge in [0, 0.05) is 44.2 Å². The lowest BCUT2D eigenvalue weighted by Crippen LogP contribution is -2.36. The van der Waals surface area contributed by atoms with Gasteiger partial charge in [-0.1, -0.05) is 19.1 Å². The Kier molecular flexibility index (Phi) is 4.81. The van der Waals surface area contributed by atoms with Gasteiger partial charge >= 0.3 is 0 Å². The molecule has 1 aromatic rings. The summed E-state index contributed by atoms with van der Waals surface area (Å²) in [7, 11) is -3.26. The van der Waals surface area contributed by atoms with Gasteiger partial charge in [-0.15, -0.1) is 0 Å². The minimum atomic E-state index is -3.26. The molecule has 1 saturated heterocycles. The zero-order valence-electron chi connectivity index (χ0n) is 15.1. The molecular weight excluding hydrogens is 338 g/mol. The van der Waals surface area contributed by atoms with Gasteiger partial charge in [0.25, 0.3) is 0 Å². The van der Waals surface area contributed by atoms with E-state index in [9.17, 15) is 13.2 Å². The van der Waals surface area contributed by atoms with Gasteiger partial charge in [-0.3, -0.25) is 9.52 Å². The van der Waals surface area contributed by atoms with Crippen LogP contribution < -0.4 is 10.0 Å². The number of anilines is 1. The van der Waals surface area contributed by atoms with Gasteiger partial charge in [0.05, 0.1) is 6.26 Å². The smallest absolute Gasteiger partial charge is 0.229 e. The lowest BCUT2D eigenvalue weighted by atomic mass is 9.87. The van der Waals surface area contributed by atoms with Crippen LogP contribution in [0.1, 0.15) is 25.8 Å². The van der Waals surface area contributed by atoms with Gasteiger partial charge in [0.2, 0.25) is 15.9 Å². The van der Waals surface area contributed by atoms with E-state index in [4.69, 9.17) is 0 Å². The summed E-state index contributed by atoms with van der Waals surface area (Å²) in [5.41, 5.74) is 2.04. The standard InChI is InChI=1S/C18H27N3O3S/c1-4-18(14-6-5-7-15(10-14)20-25(3,23)24)16-11-21(12-17(16)18)9-8-19-13(2)22/h5-7,10,16-17,20H,4,8-9,11-12H2,1-3H3,(H,19,22). The van der Waals surface area contributed by atoms with Crippen LogP contribution in [0.25, 0.3) is 0 Å². The van der Waals surface area contributed by atoms with E-state index in [0.717, 1.165) is 26.1 Å². The third kappa shape index (κ3) is 3.67. The van der Waals surface area contributed by atoms with Crippen molar-refractivity contribution in [3.63, 3.8) is 0 Å². The van der Waals surface area contributed by atoms with E-state index in [1.54, 1.807) is 13.0 Å². The van der Waals surface area contributed by atoms with E-state index in [2.05, 4.69) is 27.9 Å². The van der Waals surface area contributed by atoms with Crippen LogP contribution in [-0.2, 0) is 20.2 Å². The number of amides is 1. The Labute approximate surface area is 150 Å². The summed E-state index contributed by atoms with van der Waals surface area (Å²) >= 11 is 0. The summed E-state index contributed by atoms with van der Waals surface area (Å²) in [5.74, 6) is 1.24. The summed E-state index contributed by atoms with van der Waals surface area (Å²) in [6.07, 6.45) is 2.23. The van der Waals surface area contributed by atoms with Crippen molar-refractivity contribution in [2.45, 2.75) is 25.7 Å². The summed E-state index contributed by atoms with van der Waals surface area (Å²) in [6, 6.07) is 7.84. The average Bonchev–Trinajstić information content (AvgIpc) is 2.89. The number of hydrogen-bond donors (Lipinski definition) is 2. The Hall–Kier alpha value is -1.60. The molecule has 7 heteroatoms. The van der Waals surface area contributed by atoms with E-state index < -0.39 is 10.0 Å². The molecule has 0 bridgehead atoms. The maximum absolute atomic E-state index is 11.5. The van der Waals surface area contributed by atoms with Crippen LogP contribution >= 0.6 is 0 Å². The first-order valence-corrected chi connectivity index (χ1v) is 10.7. The van der Waals surface area contributed by atoms with Crippen LogP contribution in [-0.4, -0.2) is 51.7 Å². The van der Waals surface area contributed by atoms with E-state index in [0.29, 0.717) is 24.1 Å². The third-order valence-corrected chi connectivity index (χ3v) is 6.31. The summed E-state index contributed by atoms with van der Waals surface area (Å²) in [6.45, 7) is 7.44. The molecule has 2 fully saturated rings. The molecule has 138 valence electrons.